The number of nitrogens with one attached hydrogen (secondary N) is 1. The van der Waals surface area contributed by atoms with Gasteiger partial charge in [0, 0.05) is 29.3 Å². The molecule has 29 heavy (non-hydrogen) atoms. The number of hydrogen-bond acceptors (Lipinski definition) is 4. The second-order valence-electron chi connectivity index (χ2n) is 6.13. The van der Waals surface area contributed by atoms with E-state index >= 15 is 0 Å². The van der Waals surface area contributed by atoms with Crippen LogP contribution in [0.4, 0.5) is 5.69 Å². The molecule has 0 aliphatic carbocycles. The van der Waals surface area contributed by atoms with Crippen LogP contribution in [0.3, 0.4) is 0 Å². The zero-order valence-corrected chi connectivity index (χ0v) is 16.6. The molecule has 148 valence electrons. The first-order valence-electron chi connectivity index (χ1n) is 8.61. The van der Waals surface area contributed by atoms with Gasteiger partial charge in [-0.15, -0.1) is 0 Å². The van der Waals surface area contributed by atoms with Crippen LogP contribution in [0.15, 0.2) is 66.7 Å². The molecule has 0 radical (unpaired) electrons. The highest BCUT2D eigenvalue weighted by atomic mass is 35.5. The molecule has 3 rings (SSSR count). The summed E-state index contributed by atoms with van der Waals surface area (Å²) >= 11 is 12.1. The second kappa shape index (κ2) is 9.41. The maximum absolute atomic E-state index is 12.4. The largest absolute Gasteiger partial charge is 0.488 e. The number of benzene rings is 3. The van der Waals surface area contributed by atoms with Crippen molar-refractivity contribution in [2.75, 3.05) is 0 Å². The standard InChI is InChI=1S/C21H16Cl2N2O4/c22-16-7-6-15(20(10-16)29-13-14-4-2-1-3-5-14)12-24-21(26)18-9-8-17(25(27)28)11-19(18)23/h1-11H,12-13H2,(H,24,26). The third kappa shape index (κ3) is 5.47. The summed E-state index contributed by atoms with van der Waals surface area (Å²) in [6.45, 7) is 0.531. The normalized spacial score (nSPS) is 10.4. The fourth-order valence-electron chi connectivity index (χ4n) is 2.62. The van der Waals surface area contributed by atoms with Crippen LogP contribution in [0, 0.1) is 10.1 Å². The summed E-state index contributed by atoms with van der Waals surface area (Å²) in [5.74, 6) is 0.102. The molecule has 0 aromatic heterocycles. The van der Waals surface area contributed by atoms with Gasteiger partial charge in [-0.1, -0.05) is 59.6 Å². The molecule has 0 heterocycles. The molecule has 3 aromatic rings. The lowest BCUT2D eigenvalue weighted by molar-refractivity contribution is -0.384. The van der Waals surface area contributed by atoms with E-state index in [1.54, 1.807) is 18.2 Å². The van der Waals surface area contributed by atoms with E-state index in [9.17, 15) is 14.9 Å². The summed E-state index contributed by atoms with van der Waals surface area (Å²) in [4.78, 5) is 22.7. The van der Waals surface area contributed by atoms with Gasteiger partial charge in [0.25, 0.3) is 11.6 Å². The monoisotopic (exact) mass is 430 g/mol. The Morgan fingerprint density at radius 1 is 1.03 bits per heavy atom. The van der Waals surface area contributed by atoms with E-state index in [1.807, 2.05) is 30.3 Å². The van der Waals surface area contributed by atoms with Gasteiger partial charge in [-0.25, -0.2) is 0 Å². The van der Waals surface area contributed by atoms with E-state index in [0.29, 0.717) is 17.4 Å². The molecule has 0 saturated heterocycles. The summed E-state index contributed by atoms with van der Waals surface area (Å²) in [7, 11) is 0. The first kappa shape index (κ1) is 20.6. The molecule has 0 fully saturated rings. The molecule has 0 unspecified atom stereocenters. The lowest BCUT2D eigenvalue weighted by atomic mass is 10.1. The minimum atomic E-state index is -0.572. The van der Waals surface area contributed by atoms with E-state index in [4.69, 9.17) is 27.9 Å². The van der Waals surface area contributed by atoms with Crippen molar-refractivity contribution in [1.29, 1.82) is 0 Å². The zero-order chi connectivity index (χ0) is 20.8. The summed E-state index contributed by atoms with van der Waals surface area (Å²) < 4.78 is 5.87. The fraction of sp³-hybridized carbons (Fsp3) is 0.0952. The van der Waals surface area contributed by atoms with E-state index in [2.05, 4.69) is 5.32 Å². The maximum atomic E-state index is 12.4. The van der Waals surface area contributed by atoms with Crippen LogP contribution in [0.25, 0.3) is 0 Å². The number of ether oxygens (including phenoxy) is 1. The number of halogens is 2. The molecule has 0 bridgehead atoms. The van der Waals surface area contributed by atoms with Crippen molar-refractivity contribution >= 4 is 34.8 Å². The molecule has 0 spiro atoms. The number of hydrogen-bond donors (Lipinski definition) is 1. The predicted molar refractivity (Wildman–Crippen MR) is 112 cm³/mol. The van der Waals surface area contributed by atoms with Gasteiger partial charge < -0.3 is 10.1 Å². The van der Waals surface area contributed by atoms with Crippen molar-refractivity contribution in [2.24, 2.45) is 0 Å². The molecule has 6 nitrogen and oxygen atoms in total. The first-order chi connectivity index (χ1) is 13.9. The van der Waals surface area contributed by atoms with Crippen LogP contribution in [-0.4, -0.2) is 10.8 Å². The average Bonchev–Trinajstić information content (AvgIpc) is 2.72. The van der Waals surface area contributed by atoms with Crippen molar-refractivity contribution in [3.63, 3.8) is 0 Å². The first-order valence-corrected chi connectivity index (χ1v) is 9.37. The smallest absolute Gasteiger partial charge is 0.270 e. The number of rotatable bonds is 7. The molecule has 0 atom stereocenters. The van der Waals surface area contributed by atoms with Crippen molar-refractivity contribution in [2.45, 2.75) is 13.2 Å². The number of carbonyl (C=O) groups is 1. The molecule has 3 aromatic carbocycles. The Hall–Kier alpha value is -3.09. The summed E-state index contributed by atoms with van der Waals surface area (Å²) in [6.07, 6.45) is 0. The number of carbonyl (C=O) groups excluding carboxylic acids is 1. The number of nitrogens with zero attached hydrogens (tertiary/aromatic N) is 1. The number of nitro benzene ring substituents is 1. The van der Waals surface area contributed by atoms with Gasteiger partial charge in [0.1, 0.15) is 12.4 Å². The van der Waals surface area contributed by atoms with Gasteiger partial charge in [-0.2, -0.15) is 0 Å². The van der Waals surface area contributed by atoms with E-state index in [0.717, 1.165) is 17.2 Å². The molecule has 0 aliphatic rings. The Kier molecular flexibility index (Phi) is 6.69. The molecule has 0 aliphatic heterocycles. The topological polar surface area (TPSA) is 81.5 Å². The van der Waals surface area contributed by atoms with E-state index in [1.165, 1.54) is 12.1 Å². The van der Waals surface area contributed by atoms with Crippen LogP contribution in [0.1, 0.15) is 21.5 Å². The summed E-state index contributed by atoms with van der Waals surface area (Å²) in [5, 5.41) is 14.1. The SMILES string of the molecule is O=C(NCc1ccc(Cl)cc1OCc1ccccc1)c1ccc([N+](=O)[O-])cc1Cl. The molecule has 0 saturated carbocycles. The Labute approximate surface area is 177 Å². The highest BCUT2D eigenvalue weighted by Gasteiger charge is 2.15. The van der Waals surface area contributed by atoms with Gasteiger partial charge in [0.2, 0.25) is 0 Å². The molecular formula is C21H16Cl2N2O4. The van der Waals surface area contributed by atoms with E-state index < -0.39 is 10.8 Å². The highest BCUT2D eigenvalue weighted by Crippen LogP contribution is 2.26. The van der Waals surface area contributed by atoms with Crippen molar-refractivity contribution in [3.8, 4) is 5.75 Å². The highest BCUT2D eigenvalue weighted by molar-refractivity contribution is 6.34. The van der Waals surface area contributed by atoms with Crippen LogP contribution < -0.4 is 10.1 Å². The van der Waals surface area contributed by atoms with Gasteiger partial charge in [0.05, 0.1) is 15.5 Å². The summed E-state index contributed by atoms with van der Waals surface area (Å²) in [6, 6.07) is 18.5. The van der Waals surface area contributed by atoms with Gasteiger partial charge in [-0.05, 0) is 23.8 Å². The van der Waals surface area contributed by atoms with Crippen molar-refractivity contribution < 1.29 is 14.5 Å². The second-order valence-corrected chi connectivity index (χ2v) is 6.97. The fourth-order valence-corrected chi connectivity index (χ4v) is 3.04. The van der Waals surface area contributed by atoms with Gasteiger partial charge in [0.15, 0.2) is 0 Å². The number of amides is 1. The third-order valence-electron chi connectivity index (χ3n) is 4.11. The predicted octanol–water partition coefficient (Wildman–Crippen LogP) is 5.41. The summed E-state index contributed by atoms with van der Waals surface area (Å²) in [5.41, 5.74) is 1.70. The average molecular weight is 431 g/mol. The lowest BCUT2D eigenvalue weighted by Crippen LogP contribution is -2.23. The maximum Gasteiger partial charge on any atom is 0.270 e. The quantitative estimate of drug-likeness (QED) is 0.401. The molecular weight excluding hydrogens is 415 g/mol. The Morgan fingerprint density at radius 3 is 2.48 bits per heavy atom. The van der Waals surface area contributed by atoms with Crippen LogP contribution in [-0.2, 0) is 13.2 Å². The third-order valence-corrected chi connectivity index (χ3v) is 4.66. The van der Waals surface area contributed by atoms with Crippen molar-refractivity contribution in [1.82, 2.24) is 5.32 Å². The Morgan fingerprint density at radius 2 is 1.79 bits per heavy atom. The number of nitro groups is 1. The lowest BCUT2D eigenvalue weighted by Gasteiger charge is -2.13. The van der Waals surface area contributed by atoms with Crippen LogP contribution >= 0.6 is 23.2 Å². The Balaban J connectivity index is 1.70. The number of non-ortho nitro benzene ring substituents is 1. The molecule has 1 N–H and O–H groups in total. The van der Waals surface area contributed by atoms with Gasteiger partial charge >= 0.3 is 0 Å². The van der Waals surface area contributed by atoms with Gasteiger partial charge in [-0.3, -0.25) is 14.9 Å². The molecule has 8 heteroatoms. The van der Waals surface area contributed by atoms with Crippen molar-refractivity contribution in [3.05, 3.63) is 104 Å². The molecule has 1 amide bonds. The minimum absolute atomic E-state index is 0.00774. The van der Waals surface area contributed by atoms with E-state index in [-0.39, 0.29) is 22.8 Å². The zero-order valence-electron chi connectivity index (χ0n) is 15.1. The van der Waals surface area contributed by atoms with Crippen LogP contribution in [0.2, 0.25) is 10.0 Å². The Bertz CT molecular complexity index is 1040. The van der Waals surface area contributed by atoms with Crippen LogP contribution in [0.5, 0.6) is 5.75 Å². The minimum Gasteiger partial charge on any atom is -0.488 e.